The number of carbonyl (C=O) groups is 2. The molecule has 0 radical (unpaired) electrons. The average molecular weight is 334 g/mol. The Morgan fingerprint density at radius 2 is 1.86 bits per heavy atom. The summed E-state index contributed by atoms with van der Waals surface area (Å²) in [6.07, 6.45) is 5.72. The SMILES string of the molecule is C[C@H](C(=O)N1C[C@H]2[C@@H]([C@H]1C(=O)O)C2(Cl)Cl)C1CCCCC1. The van der Waals surface area contributed by atoms with Crippen LogP contribution in [0.15, 0.2) is 0 Å². The molecule has 1 N–H and O–H groups in total. The van der Waals surface area contributed by atoms with Crippen molar-refractivity contribution in [1.82, 2.24) is 4.90 Å². The van der Waals surface area contributed by atoms with Crippen LogP contribution in [0.5, 0.6) is 0 Å². The van der Waals surface area contributed by atoms with Gasteiger partial charge in [-0.25, -0.2) is 4.79 Å². The number of carboxylic acid groups (broad SMARTS) is 1. The summed E-state index contributed by atoms with van der Waals surface area (Å²) < 4.78 is -0.964. The number of aliphatic carboxylic acids is 1. The molecule has 1 heterocycles. The van der Waals surface area contributed by atoms with Gasteiger partial charge in [-0.3, -0.25) is 4.79 Å². The molecule has 4 nitrogen and oxygen atoms in total. The van der Waals surface area contributed by atoms with Crippen LogP contribution in [0.1, 0.15) is 39.0 Å². The van der Waals surface area contributed by atoms with Crippen LogP contribution in [0.2, 0.25) is 0 Å². The van der Waals surface area contributed by atoms with E-state index in [1.54, 1.807) is 0 Å². The van der Waals surface area contributed by atoms with Gasteiger partial charge in [0.2, 0.25) is 5.91 Å². The van der Waals surface area contributed by atoms with Gasteiger partial charge in [-0.2, -0.15) is 0 Å². The number of carbonyl (C=O) groups excluding carboxylic acids is 1. The highest BCUT2D eigenvalue weighted by Gasteiger charge is 2.74. The predicted molar refractivity (Wildman–Crippen MR) is 80.3 cm³/mol. The molecule has 118 valence electrons. The molecule has 3 fully saturated rings. The van der Waals surface area contributed by atoms with E-state index in [2.05, 4.69) is 0 Å². The van der Waals surface area contributed by atoms with E-state index in [0.717, 1.165) is 12.8 Å². The van der Waals surface area contributed by atoms with Crippen LogP contribution >= 0.6 is 23.2 Å². The van der Waals surface area contributed by atoms with Crippen molar-refractivity contribution in [2.75, 3.05) is 6.54 Å². The summed E-state index contributed by atoms with van der Waals surface area (Å²) >= 11 is 12.2. The fourth-order valence-electron chi connectivity index (χ4n) is 4.21. The maximum Gasteiger partial charge on any atom is 0.326 e. The average Bonchev–Trinajstić information content (AvgIpc) is 2.85. The molecule has 1 amide bonds. The molecular weight excluding hydrogens is 313 g/mol. The zero-order valence-electron chi connectivity index (χ0n) is 12.1. The van der Waals surface area contributed by atoms with Crippen molar-refractivity contribution >= 4 is 35.1 Å². The van der Waals surface area contributed by atoms with E-state index in [-0.39, 0.29) is 23.7 Å². The summed E-state index contributed by atoms with van der Waals surface area (Å²) in [5.41, 5.74) is 0. The molecule has 0 aromatic carbocycles. The fourth-order valence-corrected chi connectivity index (χ4v) is 5.04. The molecule has 2 saturated carbocycles. The largest absolute Gasteiger partial charge is 0.480 e. The van der Waals surface area contributed by atoms with Gasteiger partial charge in [-0.1, -0.05) is 26.2 Å². The van der Waals surface area contributed by atoms with E-state index in [1.165, 1.54) is 24.2 Å². The molecule has 1 aliphatic heterocycles. The van der Waals surface area contributed by atoms with Gasteiger partial charge >= 0.3 is 5.97 Å². The van der Waals surface area contributed by atoms with Crippen molar-refractivity contribution in [3.8, 4) is 0 Å². The Morgan fingerprint density at radius 1 is 1.24 bits per heavy atom. The van der Waals surface area contributed by atoms with E-state index < -0.39 is 16.3 Å². The first kappa shape index (κ1) is 15.4. The van der Waals surface area contributed by atoms with Crippen molar-refractivity contribution in [3.63, 3.8) is 0 Å². The van der Waals surface area contributed by atoms with Crippen molar-refractivity contribution in [2.45, 2.75) is 49.4 Å². The van der Waals surface area contributed by atoms with Crippen LogP contribution in [0, 0.1) is 23.7 Å². The number of carboxylic acids is 1. The summed E-state index contributed by atoms with van der Waals surface area (Å²) in [6, 6.07) is -0.858. The van der Waals surface area contributed by atoms with E-state index >= 15 is 0 Å². The lowest BCUT2D eigenvalue weighted by molar-refractivity contribution is -0.152. The van der Waals surface area contributed by atoms with Crippen molar-refractivity contribution in [2.24, 2.45) is 23.7 Å². The number of rotatable bonds is 3. The van der Waals surface area contributed by atoms with E-state index in [4.69, 9.17) is 23.2 Å². The molecule has 6 heteroatoms. The molecule has 0 bridgehead atoms. The number of hydrogen-bond donors (Lipinski definition) is 1. The van der Waals surface area contributed by atoms with Crippen molar-refractivity contribution in [3.05, 3.63) is 0 Å². The third-order valence-electron chi connectivity index (χ3n) is 5.62. The maximum atomic E-state index is 12.7. The molecular formula is C15H21Cl2NO3. The van der Waals surface area contributed by atoms with Gasteiger partial charge in [0.15, 0.2) is 0 Å². The highest BCUT2D eigenvalue weighted by molar-refractivity contribution is 6.51. The maximum absolute atomic E-state index is 12.7. The summed E-state index contributed by atoms with van der Waals surface area (Å²) in [5, 5.41) is 9.44. The Morgan fingerprint density at radius 3 is 2.43 bits per heavy atom. The molecule has 3 aliphatic rings. The zero-order valence-corrected chi connectivity index (χ0v) is 13.6. The third-order valence-corrected chi connectivity index (χ3v) is 6.68. The van der Waals surface area contributed by atoms with Gasteiger partial charge in [-0.15, -0.1) is 23.2 Å². The van der Waals surface area contributed by atoms with Gasteiger partial charge < -0.3 is 10.0 Å². The van der Waals surface area contributed by atoms with Crippen molar-refractivity contribution in [1.29, 1.82) is 0 Å². The monoisotopic (exact) mass is 333 g/mol. The Hall–Kier alpha value is -0.480. The second-order valence-electron chi connectivity index (χ2n) is 6.77. The summed E-state index contributed by atoms with van der Waals surface area (Å²) in [5.74, 6) is -1.16. The Bertz CT molecular complexity index is 462. The summed E-state index contributed by atoms with van der Waals surface area (Å²) in [4.78, 5) is 25.8. The Kier molecular flexibility index (Phi) is 3.90. The van der Waals surface area contributed by atoms with E-state index in [9.17, 15) is 14.7 Å². The van der Waals surface area contributed by atoms with Crippen LogP contribution in [-0.4, -0.2) is 38.8 Å². The highest BCUT2D eigenvalue weighted by Crippen LogP contribution is 2.65. The number of amides is 1. The third kappa shape index (κ3) is 2.44. The second kappa shape index (κ2) is 5.31. The van der Waals surface area contributed by atoms with E-state index in [1.807, 2.05) is 6.92 Å². The first-order chi connectivity index (χ1) is 9.85. The van der Waals surface area contributed by atoms with Crippen LogP contribution in [-0.2, 0) is 9.59 Å². The normalized spacial score (nSPS) is 36.1. The number of fused-ring (bicyclic) bond motifs is 1. The topological polar surface area (TPSA) is 57.6 Å². The number of hydrogen-bond acceptors (Lipinski definition) is 2. The minimum Gasteiger partial charge on any atom is -0.480 e. The first-order valence-electron chi connectivity index (χ1n) is 7.76. The standard InChI is InChI=1S/C15H21Cl2NO3/c1-8(9-5-3-2-4-6-9)13(19)18-7-10-11(15(10,16)17)12(18)14(20)21/h8-12H,2-7H2,1H3,(H,20,21)/t8-,10-,11-,12-/m0/s1. The Balaban J connectivity index is 1.71. The number of alkyl halides is 2. The smallest absolute Gasteiger partial charge is 0.326 e. The number of nitrogens with zero attached hydrogens (tertiary/aromatic N) is 1. The molecule has 2 aliphatic carbocycles. The Labute approximate surface area is 134 Å². The van der Waals surface area contributed by atoms with Gasteiger partial charge in [0.1, 0.15) is 10.4 Å². The van der Waals surface area contributed by atoms with Crippen LogP contribution in [0.3, 0.4) is 0 Å². The molecule has 21 heavy (non-hydrogen) atoms. The second-order valence-corrected chi connectivity index (χ2v) is 8.21. The zero-order chi connectivity index (χ0) is 15.4. The summed E-state index contributed by atoms with van der Waals surface area (Å²) in [6.45, 7) is 2.32. The molecule has 0 unspecified atom stereocenters. The van der Waals surface area contributed by atoms with Gasteiger partial charge in [-0.05, 0) is 18.8 Å². The predicted octanol–water partition coefficient (Wildman–Crippen LogP) is 2.92. The number of halogens is 2. The number of likely N-dealkylation sites (tertiary alicyclic amines) is 1. The molecule has 0 aromatic heterocycles. The fraction of sp³-hybridized carbons (Fsp3) is 0.867. The lowest BCUT2D eigenvalue weighted by Crippen LogP contribution is -2.48. The van der Waals surface area contributed by atoms with Gasteiger partial charge in [0.25, 0.3) is 0 Å². The van der Waals surface area contributed by atoms with Crippen molar-refractivity contribution < 1.29 is 14.7 Å². The van der Waals surface area contributed by atoms with Gasteiger partial charge in [0.05, 0.1) is 0 Å². The molecule has 4 atom stereocenters. The molecule has 0 spiro atoms. The van der Waals surface area contributed by atoms with Gasteiger partial charge in [0, 0.05) is 24.3 Å². The van der Waals surface area contributed by atoms with Crippen LogP contribution < -0.4 is 0 Å². The highest BCUT2D eigenvalue weighted by atomic mass is 35.5. The molecule has 3 rings (SSSR count). The first-order valence-corrected chi connectivity index (χ1v) is 8.52. The molecule has 1 saturated heterocycles. The molecule has 0 aromatic rings. The minimum absolute atomic E-state index is 0.0365. The minimum atomic E-state index is -0.991. The van der Waals surface area contributed by atoms with Crippen LogP contribution in [0.4, 0.5) is 0 Å². The van der Waals surface area contributed by atoms with Crippen LogP contribution in [0.25, 0.3) is 0 Å². The lowest BCUT2D eigenvalue weighted by Gasteiger charge is -2.33. The lowest BCUT2D eigenvalue weighted by atomic mass is 9.80. The quantitative estimate of drug-likeness (QED) is 0.808. The number of piperidine rings is 1. The van der Waals surface area contributed by atoms with E-state index in [0.29, 0.717) is 12.5 Å². The summed E-state index contributed by atoms with van der Waals surface area (Å²) in [7, 11) is 0.